The van der Waals surface area contributed by atoms with E-state index in [0.29, 0.717) is 60.1 Å². The Labute approximate surface area is 215 Å². The second-order valence-corrected chi connectivity index (χ2v) is 9.75. The molecule has 0 saturated carbocycles. The molecule has 2 aliphatic rings. The average molecular weight is 529 g/mol. The zero-order chi connectivity index (χ0) is 25.4. The highest BCUT2D eigenvalue weighted by molar-refractivity contribution is 7.64. The Morgan fingerprint density at radius 3 is 3.00 bits per heavy atom. The molecule has 3 aromatic rings. The number of fused-ring (bicyclic) bond motifs is 2. The first-order valence-corrected chi connectivity index (χ1v) is 12.7. The molecule has 1 fully saturated rings. The molecule has 1 amide bonds. The van der Waals surface area contributed by atoms with Gasteiger partial charge in [0.05, 0.1) is 40.8 Å². The molecule has 0 aliphatic carbocycles. The number of rotatable bonds is 5. The van der Waals surface area contributed by atoms with E-state index < -0.39 is 12.1 Å². The zero-order valence-electron chi connectivity index (χ0n) is 19.4. The van der Waals surface area contributed by atoms with Crippen molar-refractivity contribution in [2.45, 2.75) is 44.1 Å². The van der Waals surface area contributed by atoms with Crippen LogP contribution in [0.3, 0.4) is 0 Å². The quantitative estimate of drug-likeness (QED) is 0.475. The topological polar surface area (TPSA) is 148 Å². The van der Waals surface area contributed by atoms with E-state index in [2.05, 4.69) is 26.2 Å². The normalized spacial score (nSPS) is 19.5. The molecule has 13 heteroatoms. The van der Waals surface area contributed by atoms with Crippen molar-refractivity contribution in [2.24, 2.45) is 0 Å². The van der Waals surface area contributed by atoms with Crippen LogP contribution in [0.25, 0.3) is 10.9 Å². The Kier molecular flexibility index (Phi) is 6.59. The van der Waals surface area contributed by atoms with Crippen LogP contribution < -0.4 is 9.64 Å². The minimum atomic E-state index is -1.05. The lowest BCUT2D eigenvalue weighted by Gasteiger charge is -2.40. The highest BCUT2D eigenvalue weighted by Crippen LogP contribution is 2.43. The molecule has 0 radical (unpaired) electrons. The van der Waals surface area contributed by atoms with Gasteiger partial charge >= 0.3 is 17.8 Å². The second-order valence-electron chi connectivity index (χ2n) is 8.84. The standard InChI is InChI=1S/C23H22ClN7O4S/c1-12-8-16-15(9-26-29-16)19(20(12)24)17-3-2-14-21(27-18(11-36-34)28-22(14)35-17)30-6-7-31(23(32)33)13(10-30)4-5-25/h8-9,13,17H,2-4,6-7,10-11H2,1H3,(H-,26,29,32,33)/p+1/t13-,17?/m0/s1. The summed E-state index contributed by atoms with van der Waals surface area (Å²) in [6.45, 7) is 2.90. The summed E-state index contributed by atoms with van der Waals surface area (Å²) >= 11 is 7.09. The Balaban J connectivity index is 1.52. The maximum Gasteiger partial charge on any atom is 0.467 e. The average Bonchev–Trinajstić information content (AvgIpc) is 3.32. The number of hydrogen-bond donors (Lipinski definition) is 2. The van der Waals surface area contributed by atoms with E-state index in [1.165, 1.54) is 4.90 Å². The molecule has 186 valence electrons. The zero-order valence-corrected chi connectivity index (χ0v) is 21.0. The lowest BCUT2D eigenvalue weighted by Crippen LogP contribution is -2.55. The van der Waals surface area contributed by atoms with E-state index >= 15 is 0 Å². The summed E-state index contributed by atoms with van der Waals surface area (Å²) in [5.74, 6) is 1.42. The van der Waals surface area contributed by atoms with Crippen LogP contribution >= 0.6 is 11.6 Å². The predicted molar refractivity (Wildman–Crippen MR) is 132 cm³/mol. The van der Waals surface area contributed by atoms with Crippen LogP contribution in [-0.4, -0.2) is 61.9 Å². The summed E-state index contributed by atoms with van der Waals surface area (Å²) in [6, 6.07) is 3.54. The monoisotopic (exact) mass is 528 g/mol. The van der Waals surface area contributed by atoms with Gasteiger partial charge < -0.3 is 19.6 Å². The third-order valence-corrected chi connectivity index (χ3v) is 7.55. The van der Waals surface area contributed by atoms with E-state index in [0.717, 1.165) is 27.6 Å². The van der Waals surface area contributed by atoms with E-state index in [9.17, 15) is 19.4 Å². The van der Waals surface area contributed by atoms with Crippen LogP contribution in [0.1, 0.15) is 41.5 Å². The number of benzene rings is 1. The minimum absolute atomic E-state index is 0.0577. The summed E-state index contributed by atoms with van der Waals surface area (Å²) in [5, 5.41) is 27.4. The molecule has 0 spiro atoms. The number of nitriles is 1. The van der Waals surface area contributed by atoms with Crippen LogP contribution in [0.5, 0.6) is 5.88 Å². The fourth-order valence-electron chi connectivity index (χ4n) is 4.99. The third kappa shape index (κ3) is 4.29. The fraction of sp³-hybridized carbons (Fsp3) is 0.435. The largest absolute Gasteiger partial charge is 0.469 e. The maximum atomic E-state index is 11.6. The van der Waals surface area contributed by atoms with Crippen LogP contribution in [0.15, 0.2) is 12.3 Å². The highest BCUT2D eigenvalue weighted by Gasteiger charge is 2.35. The van der Waals surface area contributed by atoms with Gasteiger partial charge in [0.1, 0.15) is 11.9 Å². The first-order chi connectivity index (χ1) is 17.4. The highest BCUT2D eigenvalue weighted by atomic mass is 35.5. The number of aryl methyl sites for hydroxylation is 1. The van der Waals surface area contributed by atoms with Crippen LogP contribution in [0.4, 0.5) is 10.6 Å². The number of piperazine rings is 1. The van der Waals surface area contributed by atoms with E-state index in [4.69, 9.17) is 16.3 Å². The molecule has 5 rings (SSSR count). The number of H-pyrrole nitrogens is 1. The number of anilines is 1. The number of nitrogens with zero attached hydrogens (tertiary/aromatic N) is 6. The van der Waals surface area contributed by atoms with Crippen molar-refractivity contribution in [3.63, 3.8) is 0 Å². The number of amides is 1. The summed E-state index contributed by atoms with van der Waals surface area (Å²) in [5.41, 5.74) is 3.42. The Morgan fingerprint density at radius 2 is 2.25 bits per heavy atom. The molecular weight excluding hydrogens is 506 g/mol. The van der Waals surface area contributed by atoms with Gasteiger partial charge in [0.15, 0.2) is 5.82 Å². The fourth-order valence-corrected chi connectivity index (χ4v) is 5.50. The van der Waals surface area contributed by atoms with Gasteiger partial charge in [-0.3, -0.25) is 5.10 Å². The number of carbonyl (C=O) groups is 1. The number of ether oxygens (including phenoxy) is 1. The molecule has 4 heterocycles. The van der Waals surface area contributed by atoms with Crippen molar-refractivity contribution < 1.29 is 18.8 Å². The van der Waals surface area contributed by atoms with Crippen molar-refractivity contribution in [3.05, 3.63) is 39.8 Å². The summed E-state index contributed by atoms with van der Waals surface area (Å²) in [6.07, 6.45) is 1.62. The molecule has 1 saturated heterocycles. The SMILES string of the molecule is Cc1cc2[nH]ncc2c(C2CCc3c(nc(C[S+]=O)nc3N3CCN(C(=O)O)[C@@H](CC#N)C3)O2)c1Cl. The van der Waals surface area contributed by atoms with Crippen molar-refractivity contribution in [1.29, 1.82) is 5.26 Å². The van der Waals surface area contributed by atoms with Gasteiger partial charge in [-0.25, -0.2) is 9.78 Å². The Morgan fingerprint density at radius 1 is 1.42 bits per heavy atom. The van der Waals surface area contributed by atoms with Gasteiger partial charge in [-0.1, -0.05) is 11.6 Å². The number of halogens is 1. The van der Waals surface area contributed by atoms with Gasteiger partial charge in [0, 0.05) is 34.8 Å². The van der Waals surface area contributed by atoms with Gasteiger partial charge in [-0.15, -0.1) is 0 Å². The molecule has 2 N–H and O–H groups in total. The van der Waals surface area contributed by atoms with Gasteiger partial charge in [-0.2, -0.15) is 15.3 Å². The van der Waals surface area contributed by atoms with Gasteiger partial charge in [0.25, 0.3) is 5.75 Å². The first kappa shape index (κ1) is 24.1. The molecular formula is C23H23ClN7O4S+. The number of carboxylic acid groups (broad SMARTS) is 1. The van der Waals surface area contributed by atoms with Crippen LogP contribution in [-0.2, 0) is 28.0 Å². The number of aromatic nitrogens is 4. The minimum Gasteiger partial charge on any atom is -0.469 e. The van der Waals surface area contributed by atoms with E-state index in [1.807, 2.05) is 17.9 Å². The van der Waals surface area contributed by atoms with Crippen LogP contribution in [0, 0.1) is 18.3 Å². The van der Waals surface area contributed by atoms with Crippen molar-refractivity contribution in [3.8, 4) is 11.9 Å². The number of nitrogens with one attached hydrogen (secondary N) is 1. The maximum absolute atomic E-state index is 11.6. The van der Waals surface area contributed by atoms with Crippen molar-refractivity contribution >= 4 is 46.1 Å². The molecule has 2 aliphatic heterocycles. The molecule has 0 bridgehead atoms. The number of aromatic amines is 1. The molecule has 2 aromatic heterocycles. The lowest BCUT2D eigenvalue weighted by atomic mass is 9.95. The summed E-state index contributed by atoms with van der Waals surface area (Å²) in [4.78, 5) is 24.1. The van der Waals surface area contributed by atoms with E-state index in [1.54, 1.807) is 6.20 Å². The molecule has 1 unspecified atom stereocenters. The summed E-state index contributed by atoms with van der Waals surface area (Å²) in [7, 11) is 0. The van der Waals surface area contributed by atoms with Crippen LogP contribution in [0.2, 0.25) is 5.02 Å². The molecule has 36 heavy (non-hydrogen) atoms. The Bertz CT molecular complexity index is 1390. The molecule has 2 atom stereocenters. The van der Waals surface area contributed by atoms with Gasteiger partial charge in [-0.05, 0) is 31.4 Å². The smallest absolute Gasteiger partial charge is 0.467 e. The molecule has 11 nitrogen and oxygen atoms in total. The Hall–Kier alpha value is -3.56. The van der Waals surface area contributed by atoms with Crippen molar-refractivity contribution in [1.82, 2.24) is 25.1 Å². The lowest BCUT2D eigenvalue weighted by molar-refractivity contribution is 0.118. The van der Waals surface area contributed by atoms with Gasteiger partial charge in [0.2, 0.25) is 5.88 Å². The first-order valence-electron chi connectivity index (χ1n) is 11.5. The second kappa shape index (κ2) is 9.83. The van der Waals surface area contributed by atoms with E-state index in [-0.39, 0.29) is 24.8 Å². The summed E-state index contributed by atoms with van der Waals surface area (Å²) < 4.78 is 17.8. The third-order valence-electron chi connectivity index (χ3n) is 6.67. The number of hydrogen-bond acceptors (Lipinski definition) is 8. The van der Waals surface area contributed by atoms with Crippen molar-refractivity contribution in [2.75, 3.05) is 24.5 Å². The predicted octanol–water partition coefficient (Wildman–Crippen LogP) is 3.39. The molecule has 1 aromatic carbocycles.